The predicted octanol–water partition coefficient (Wildman–Crippen LogP) is 3.34. The summed E-state index contributed by atoms with van der Waals surface area (Å²) in [5, 5.41) is 4.80. The molecule has 2 aromatic carbocycles. The maximum absolute atomic E-state index is 12.6. The molecule has 0 radical (unpaired) electrons. The van der Waals surface area contributed by atoms with Crippen LogP contribution in [0, 0.1) is 6.92 Å². The molecule has 0 atom stereocenters. The number of benzene rings is 2. The van der Waals surface area contributed by atoms with Crippen molar-refractivity contribution in [3.8, 4) is 0 Å². The van der Waals surface area contributed by atoms with Gasteiger partial charge in [0.15, 0.2) is 0 Å². The first kappa shape index (κ1) is 13.3. The van der Waals surface area contributed by atoms with Crippen LogP contribution in [0.25, 0.3) is 10.9 Å². The third-order valence-electron chi connectivity index (χ3n) is 3.05. The van der Waals surface area contributed by atoms with E-state index in [2.05, 4.69) is 21.0 Å². The van der Waals surface area contributed by atoms with Gasteiger partial charge in [0.25, 0.3) is 10.0 Å². The average molecular weight is 351 g/mol. The Labute approximate surface area is 125 Å². The van der Waals surface area contributed by atoms with Gasteiger partial charge in [0.1, 0.15) is 0 Å². The lowest BCUT2D eigenvalue weighted by Gasteiger charge is -2.06. The zero-order valence-electron chi connectivity index (χ0n) is 10.6. The molecule has 0 aliphatic carbocycles. The number of hydrogen-bond acceptors (Lipinski definition) is 3. The first-order chi connectivity index (χ1) is 9.48. The molecular formula is C14H11BrN2O2S. The lowest BCUT2D eigenvalue weighted by Crippen LogP contribution is -2.14. The third kappa shape index (κ3) is 2.14. The van der Waals surface area contributed by atoms with Gasteiger partial charge in [-0.25, -0.2) is 0 Å². The molecule has 0 N–H and O–H groups in total. The summed E-state index contributed by atoms with van der Waals surface area (Å²) in [5.74, 6) is 0. The van der Waals surface area contributed by atoms with Crippen LogP contribution in [-0.2, 0) is 10.0 Å². The quantitative estimate of drug-likeness (QED) is 0.712. The van der Waals surface area contributed by atoms with Crippen molar-refractivity contribution in [1.29, 1.82) is 0 Å². The highest BCUT2D eigenvalue weighted by Gasteiger charge is 2.20. The number of rotatable bonds is 2. The van der Waals surface area contributed by atoms with Gasteiger partial charge in [-0.15, -0.1) is 0 Å². The van der Waals surface area contributed by atoms with Gasteiger partial charge in [-0.3, -0.25) is 0 Å². The molecule has 0 spiro atoms. The van der Waals surface area contributed by atoms with Crippen LogP contribution in [0.15, 0.2) is 58.0 Å². The summed E-state index contributed by atoms with van der Waals surface area (Å²) < 4.78 is 27.1. The molecule has 0 amide bonds. The van der Waals surface area contributed by atoms with Gasteiger partial charge in [0, 0.05) is 9.86 Å². The summed E-state index contributed by atoms with van der Waals surface area (Å²) in [6, 6.07) is 12.2. The lowest BCUT2D eigenvalue weighted by molar-refractivity contribution is 0.582. The van der Waals surface area contributed by atoms with Crippen molar-refractivity contribution in [2.24, 2.45) is 0 Å². The van der Waals surface area contributed by atoms with Crippen LogP contribution >= 0.6 is 15.9 Å². The van der Waals surface area contributed by atoms with Gasteiger partial charge in [0.2, 0.25) is 0 Å². The molecule has 102 valence electrons. The first-order valence-electron chi connectivity index (χ1n) is 5.94. The first-order valence-corrected chi connectivity index (χ1v) is 8.17. The molecule has 4 nitrogen and oxygen atoms in total. The fourth-order valence-corrected chi connectivity index (χ4v) is 3.59. The largest absolute Gasteiger partial charge is 0.283 e. The molecule has 0 aliphatic rings. The minimum absolute atomic E-state index is 0.230. The van der Waals surface area contributed by atoms with Crippen LogP contribution in [0.3, 0.4) is 0 Å². The summed E-state index contributed by atoms with van der Waals surface area (Å²) in [4.78, 5) is 0.230. The molecular weight excluding hydrogens is 340 g/mol. The molecule has 6 heteroatoms. The minimum Gasteiger partial charge on any atom is -0.199 e. The van der Waals surface area contributed by atoms with Crippen LogP contribution in [0.5, 0.6) is 0 Å². The van der Waals surface area contributed by atoms with Crippen LogP contribution in [-0.4, -0.2) is 17.6 Å². The summed E-state index contributed by atoms with van der Waals surface area (Å²) in [6.45, 7) is 1.91. The van der Waals surface area contributed by atoms with Crippen molar-refractivity contribution in [2.45, 2.75) is 11.8 Å². The normalized spacial score (nSPS) is 11.9. The van der Waals surface area contributed by atoms with Crippen LogP contribution in [0.4, 0.5) is 0 Å². The Kier molecular flexibility index (Phi) is 3.14. The lowest BCUT2D eigenvalue weighted by atomic mass is 10.2. The Bertz CT molecular complexity index is 883. The van der Waals surface area contributed by atoms with Gasteiger partial charge in [-0.1, -0.05) is 39.7 Å². The van der Waals surface area contributed by atoms with Crippen LogP contribution in [0.1, 0.15) is 5.56 Å². The van der Waals surface area contributed by atoms with E-state index in [1.807, 2.05) is 19.1 Å². The average Bonchev–Trinajstić information content (AvgIpc) is 2.82. The smallest absolute Gasteiger partial charge is 0.199 e. The van der Waals surface area contributed by atoms with E-state index in [1.54, 1.807) is 36.5 Å². The van der Waals surface area contributed by atoms with E-state index in [-0.39, 0.29) is 4.90 Å². The van der Waals surface area contributed by atoms with E-state index in [9.17, 15) is 8.42 Å². The maximum Gasteiger partial charge on any atom is 0.283 e. The van der Waals surface area contributed by atoms with Crippen molar-refractivity contribution in [3.05, 3.63) is 58.7 Å². The third-order valence-corrected chi connectivity index (χ3v) is 5.15. The number of fused-ring (bicyclic) bond motifs is 1. The summed E-state index contributed by atoms with van der Waals surface area (Å²) in [7, 11) is -3.67. The molecule has 0 unspecified atom stereocenters. The topological polar surface area (TPSA) is 52.0 Å². The number of halogens is 1. The minimum atomic E-state index is -3.67. The second-order valence-corrected chi connectivity index (χ2v) is 7.19. The fraction of sp³-hybridized carbons (Fsp3) is 0.0714. The van der Waals surface area contributed by atoms with Crippen molar-refractivity contribution in [3.63, 3.8) is 0 Å². The molecule has 1 heterocycles. The van der Waals surface area contributed by atoms with Gasteiger partial charge < -0.3 is 0 Å². The number of hydrogen-bond donors (Lipinski definition) is 0. The molecule has 1 aromatic heterocycles. The van der Waals surface area contributed by atoms with Gasteiger partial charge in [-0.05, 0) is 31.2 Å². The van der Waals surface area contributed by atoms with E-state index < -0.39 is 10.0 Å². The molecule has 0 aliphatic heterocycles. The summed E-state index contributed by atoms with van der Waals surface area (Å²) in [5.41, 5.74) is 1.57. The zero-order chi connectivity index (χ0) is 14.3. The Hall–Kier alpha value is -1.66. The van der Waals surface area contributed by atoms with Crippen molar-refractivity contribution in [1.82, 2.24) is 9.19 Å². The van der Waals surface area contributed by atoms with E-state index in [0.717, 1.165) is 19.5 Å². The van der Waals surface area contributed by atoms with E-state index in [1.165, 1.54) is 0 Å². The standard InChI is InChI=1S/C14H11BrN2O2S/c1-10-2-6-13(7-3-10)20(18,19)17-14-8-12(15)5-4-11(14)9-16-17/h2-9H,1H3. The van der Waals surface area contributed by atoms with Crippen molar-refractivity contribution < 1.29 is 8.42 Å². The number of nitrogens with zero attached hydrogens (tertiary/aromatic N) is 2. The highest BCUT2D eigenvalue weighted by atomic mass is 79.9. The molecule has 0 saturated heterocycles. The Morgan fingerprint density at radius 2 is 1.80 bits per heavy atom. The molecule has 0 fully saturated rings. The van der Waals surface area contributed by atoms with Crippen LogP contribution < -0.4 is 0 Å². The van der Waals surface area contributed by atoms with Crippen LogP contribution in [0.2, 0.25) is 0 Å². The number of aryl methyl sites for hydroxylation is 1. The highest BCUT2D eigenvalue weighted by molar-refractivity contribution is 9.10. The summed E-state index contributed by atoms with van der Waals surface area (Å²) in [6.07, 6.45) is 1.55. The molecule has 20 heavy (non-hydrogen) atoms. The highest BCUT2D eigenvalue weighted by Crippen LogP contribution is 2.23. The van der Waals surface area contributed by atoms with Crippen molar-refractivity contribution in [2.75, 3.05) is 0 Å². The SMILES string of the molecule is Cc1ccc(S(=O)(=O)n2ncc3ccc(Br)cc32)cc1. The van der Waals surface area contributed by atoms with Gasteiger partial charge >= 0.3 is 0 Å². The predicted molar refractivity (Wildman–Crippen MR) is 81.2 cm³/mol. The second-order valence-electron chi connectivity index (χ2n) is 4.51. The van der Waals surface area contributed by atoms with Gasteiger partial charge in [-0.2, -0.15) is 17.6 Å². The van der Waals surface area contributed by atoms with E-state index >= 15 is 0 Å². The molecule has 3 aromatic rings. The van der Waals surface area contributed by atoms with Gasteiger partial charge in [0.05, 0.1) is 16.6 Å². The second kappa shape index (κ2) is 4.71. The maximum atomic E-state index is 12.6. The molecule has 0 saturated carbocycles. The summed E-state index contributed by atoms with van der Waals surface area (Å²) >= 11 is 3.35. The Morgan fingerprint density at radius 3 is 2.50 bits per heavy atom. The molecule has 3 rings (SSSR count). The monoisotopic (exact) mass is 350 g/mol. The number of aromatic nitrogens is 2. The zero-order valence-corrected chi connectivity index (χ0v) is 13.0. The molecule has 0 bridgehead atoms. The Morgan fingerprint density at radius 1 is 1.10 bits per heavy atom. The Balaban J connectivity index is 2.23. The van der Waals surface area contributed by atoms with E-state index in [0.29, 0.717) is 5.52 Å². The van der Waals surface area contributed by atoms with Crippen molar-refractivity contribution >= 4 is 36.9 Å². The van der Waals surface area contributed by atoms with E-state index in [4.69, 9.17) is 0 Å². The fourth-order valence-electron chi connectivity index (χ4n) is 1.97.